The molecule has 0 radical (unpaired) electrons. The number of phenols is 1. The number of nitro benzene ring substituents is 1. The van der Waals surface area contributed by atoms with Gasteiger partial charge in [0.2, 0.25) is 0 Å². The van der Waals surface area contributed by atoms with Gasteiger partial charge in [0.05, 0.1) is 9.82 Å². The first-order valence-corrected chi connectivity index (χ1v) is 7.10. The lowest BCUT2D eigenvalue weighted by molar-refractivity contribution is -0.387. The van der Waals surface area contributed by atoms with Gasteiger partial charge in [0, 0.05) is 16.3 Å². The van der Waals surface area contributed by atoms with Crippen LogP contribution in [0.5, 0.6) is 5.75 Å². The Morgan fingerprint density at radius 3 is 2.29 bits per heavy atom. The number of benzene rings is 3. The summed E-state index contributed by atoms with van der Waals surface area (Å²) < 4.78 is 0. The van der Waals surface area contributed by atoms with Crippen LogP contribution in [0.1, 0.15) is 0 Å². The molecule has 3 rings (SSSR count). The quantitative estimate of drug-likeness (QED) is 0.566. The average Bonchev–Trinajstić information content (AvgIpc) is 2.51. The topological polar surface area (TPSA) is 63.4 Å². The molecule has 21 heavy (non-hydrogen) atoms. The predicted molar refractivity (Wildman–Crippen MR) is 82.8 cm³/mol. The van der Waals surface area contributed by atoms with E-state index < -0.39 is 0 Å². The van der Waals surface area contributed by atoms with E-state index in [9.17, 15) is 15.2 Å². The van der Waals surface area contributed by atoms with Crippen LogP contribution in [0.15, 0.2) is 70.5 Å². The summed E-state index contributed by atoms with van der Waals surface area (Å²) in [6.07, 6.45) is 0. The Labute approximate surface area is 125 Å². The molecule has 3 aromatic rings. The summed E-state index contributed by atoms with van der Waals surface area (Å²) in [5.41, 5.74) is 0.0830. The van der Waals surface area contributed by atoms with Gasteiger partial charge in [0.15, 0.2) is 0 Å². The van der Waals surface area contributed by atoms with Gasteiger partial charge >= 0.3 is 0 Å². The van der Waals surface area contributed by atoms with Crippen LogP contribution in [0.2, 0.25) is 0 Å². The number of hydrogen-bond acceptors (Lipinski definition) is 4. The molecule has 4 nitrogen and oxygen atoms in total. The minimum Gasteiger partial charge on any atom is -0.507 e. The van der Waals surface area contributed by atoms with Crippen LogP contribution < -0.4 is 0 Å². The Bertz CT molecular complexity index is 833. The second kappa shape index (κ2) is 5.46. The van der Waals surface area contributed by atoms with E-state index in [0.29, 0.717) is 4.90 Å². The van der Waals surface area contributed by atoms with Crippen LogP contribution in [0.25, 0.3) is 10.8 Å². The summed E-state index contributed by atoms with van der Waals surface area (Å²) >= 11 is 1.33. The van der Waals surface area contributed by atoms with Gasteiger partial charge in [-0.1, -0.05) is 48.2 Å². The largest absolute Gasteiger partial charge is 0.507 e. The predicted octanol–water partition coefficient (Wildman–Crippen LogP) is 4.60. The Balaban J connectivity index is 2.11. The van der Waals surface area contributed by atoms with Crippen molar-refractivity contribution in [1.29, 1.82) is 0 Å². The first kappa shape index (κ1) is 13.5. The lowest BCUT2D eigenvalue weighted by atomic mass is 10.1. The number of para-hydroxylation sites is 1. The van der Waals surface area contributed by atoms with Gasteiger partial charge in [-0.25, -0.2) is 0 Å². The monoisotopic (exact) mass is 297 g/mol. The highest BCUT2D eigenvalue weighted by Gasteiger charge is 2.15. The van der Waals surface area contributed by atoms with Gasteiger partial charge in [0.25, 0.3) is 5.69 Å². The number of phenolic OH excluding ortho intramolecular Hbond substituents is 1. The third kappa shape index (κ3) is 2.55. The minimum atomic E-state index is -0.384. The molecule has 0 aliphatic carbocycles. The zero-order valence-electron chi connectivity index (χ0n) is 10.9. The molecule has 104 valence electrons. The van der Waals surface area contributed by atoms with E-state index in [1.807, 2.05) is 24.3 Å². The number of nitro groups is 1. The third-order valence-corrected chi connectivity index (χ3v) is 4.28. The Kier molecular flexibility index (Phi) is 3.50. The molecule has 0 saturated heterocycles. The number of rotatable bonds is 3. The summed E-state index contributed by atoms with van der Waals surface area (Å²) in [7, 11) is 0. The highest BCUT2D eigenvalue weighted by molar-refractivity contribution is 7.99. The Hall–Kier alpha value is -2.53. The number of fused-ring (bicyclic) bond motifs is 1. The highest BCUT2D eigenvalue weighted by atomic mass is 32.2. The normalized spacial score (nSPS) is 10.7. The summed E-state index contributed by atoms with van der Waals surface area (Å²) in [4.78, 5) is 12.2. The summed E-state index contributed by atoms with van der Waals surface area (Å²) in [5.74, 6) is 0.206. The van der Waals surface area contributed by atoms with Crippen molar-refractivity contribution in [3.8, 4) is 5.75 Å². The molecule has 3 aromatic carbocycles. The van der Waals surface area contributed by atoms with Crippen molar-refractivity contribution in [2.24, 2.45) is 0 Å². The maximum Gasteiger partial charge on any atom is 0.283 e. The standard InChI is InChI=1S/C16H11NO3S/c18-14-9-10-15(12-6-2-1-5-11(12)14)21-16-8-4-3-7-13(16)17(19)20/h1-10,18H. The van der Waals surface area contributed by atoms with Gasteiger partial charge < -0.3 is 5.11 Å². The smallest absolute Gasteiger partial charge is 0.283 e. The zero-order valence-corrected chi connectivity index (χ0v) is 11.7. The molecule has 0 aromatic heterocycles. The van der Waals surface area contributed by atoms with Gasteiger partial charge in [0.1, 0.15) is 5.75 Å². The second-order valence-corrected chi connectivity index (χ2v) is 5.54. The van der Waals surface area contributed by atoms with Crippen LogP contribution in [0, 0.1) is 10.1 Å². The molecule has 0 heterocycles. The van der Waals surface area contributed by atoms with Crippen LogP contribution in [0.3, 0.4) is 0 Å². The maximum absolute atomic E-state index is 11.1. The lowest BCUT2D eigenvalue weighted by Crippen LogP contribution is -1.90. The zero-order chi connectivity index (χ0) is 14.8. The van der Waals surface area contributed by atoms with Crippen LogP contribution in [0.4, 0.5) is 5.69 Å². The minimum absolute atomic E-state index is 0.0830. The molecular weight excluding hydrogens is 286 g/mol. The number of nitrogens with zero attached hydrogens (tertiary/aromatic N) is 1. The second-order valence-electron chi connectivity index (χ2n) is 4.46. The molecular formula is C16H11NO3S. The Morgan fingerprint density at radius 2 is 1.52 bits per heavy atom. The highest BCUT2D eigenvalue weighted by Crippen LogP contribution is 2.40. The molecule has 5 heteroatoms. The molecule has 0 atom stereocenters. The fourth-order valence-electron chi connectivity index (χ4n) is 2.16. The molecule has 0 unspecified atom stereocenters. The fraction of sp³-hybridized carbons (Fsp3) is 0. The third-order valence-electron chi connectivity index (χ3n) is 3.14. The number of aromatic hydroxyl groups is 1. The van der Waals surface area contributed by atoms with Crippen LogP contribution >= 0.6 is 11.8 Å². The van der Waals surface area contributed by atoms with Gasteiger partial charge in [-0.2, -0.15) is 0 Å². The van der Waals surface area contributed by atoms with Crippen molar-refractivity contribution in [2.45, 2.75) is 9.79 Å². The van der Waals surface area contributed by atoms with Crippen molar-refractivity contribution >= 4 is 28.2 Å². The first-order valence-electron chi connectivity index (χ1n) is 6.29. The molecule has 0 aliphatic rings. The average molecular weight is 297 g/mol. The number of hydrogen-bond donors (Lipinski definition) is 1. The summed E-state index contributed by atoms with van der Waals surface area (Å²) in [6.45, 7) is 0. The molecule has 0 aliphatic heterocycles. The van der Waals surface area contributed by atoms with Crippen molar-refractivity contribution in [2.75, 3.05) is 0 Å². The fourth-order valence-corrected chi connectivity index (χ4v) is 3.21. The SMILES string of the molecule is O=[N+]([O-])c1ccccc1Sc1ccc(O)c2ccccc12. The van der Waals surface area contributed by atoms with E-state index >= 15 is 0 Å². The van der Waals surface area contributed by atoms with E-state index in [0.717, 1.165) is 15.7 Å². The molecule has 0 spiro atoms. The van der Waals surface area contributed by atoms with Crippen molar-refractivity contribution in [1.82, 2.24) is 0 Å². The molecule has 0 bridgehead atoms. The Morgan fingerprint density at radius 1 is 0.857 bits per heavy atom. The van der Waals surface area contributed by atoms with Crippen LogP contribution in [-0.2, 0) is 0 Å². The van der Waals surface area contributed by atoms with Gasteiger partial charge in [-0.3, -0.25) is 10.1 Å². The maximum atomic E-state index is 11.1. The molecule has 0 amide bonds. The van der Waals surface area contributed by atoms with E-state index in [1.54, 1.807) is 30.3 Å². The van der Waals surface area contributed by atoms with Crippen molar-refractivity contribution in [3.63, 3.8) is 0 Å². The summed E-state index contributed by atoms with van der Waals surface area (Å²) in [6, 6.07) is 17.5. The van der Waals surface area contributed by atoms with Gasteiger partial charge in [-0.15, -0.1) is 0 Å². The molecule has 1 N–H and O–H groups in total. The molecule has 0 fully saturated rings. The first-order chi connectivity index (χ1) is 10.2. The van der Waals surface area contributed by atoms with E-state index in [2.05, 4.69) is 0 Å². The van der Waals surface area contributed by atoms with Gasteiger partial charge in [-0.05, 0) is 23.6 Å². The summed E-state index contributed by atoms with van der Waals surface area (Å²) in [5, 5.41) is 22.6. The molecule has 0 saturated carbocycles. The van der Waals surface area contributed by atoms with Crippen molar-refractivity contribution in [3.05, 3.63) is 70.8 Å². The van der Waals surface area contributed by atoms with E-state index in [-0.39, 0.29) is 16.4 Å². The van der Waals surface area contributed by atoms with E-state index in [4.69, 9.17) is 0 Å². The van der Waals surface area contributed by atoms with E-state index in [1.165, 1.54) is 17.8 Å². The van der Waals surface area contributed by atoms with Crippen LogP contribution in [-0.4, -0.2) is 10.0 Å². The van der Waals surface area contributed by atoms with Crippen molar-refractivity contribution < 1.29 is 10.0 Å². The lowest BCUT2D eigenvalue weighted by Gasteiger charge is -2.08.